The van der Waals surface area contributed by atoms with Gasteiger partial charge in [0.15, 0.2) is 0 Å². The summed E-state index contributed by atoms with van der Waals surface area (Å²) in [5, 5.41) is 3.53. The molecule has 2 nitrogen and oxygen atoms in total. The lowest BCUT2D eigenvalue weighted by Gasteiger charge is -2.13. The average Bonchev–Trinajstić information content (AvgIpc) is 3.26. The Hall–Kier alpha value is -0.360. The molecule has 0 radical (unpaired) electrons. The van der Waals surface area contributed by atoms with Crippen LogP contribution >= 0.6 is 47.8 Å². The van der Waals surface area contributed by atoms with Crippen molar-refractivity contribution >= 4 is 47.8 Å². The Balaban J connectivity index is 1.82. The molecule has 1 fully saturated rings. The third-order valence-corrected chi connectivity index (χ3v) is 4.90. The molecular formula is C16H14Br3NO. The van der Waals surface area contributed by atoms with Crippen molar-refractivity contribution in [3.8, 4) is 11.5 Å². The van der Waals surface area contributed by atoms with E-state index in [2.05, 4.69) is 59.2 Å². The quantitative estimate of drug-likeness (QED) is 0.571. The largest absolute Gasteiger partial charge is 0.456 e. The lowest BCUT2D eigenvalue weighted by molar-refractivity contribution is 0.469. The third kappa shape index (κ3) is 4.31. The fourth-order valence-corrected chi connectivity index (χ4v) is 3.54. The predicted molar refractivity (Wildman–Crippen MR) is 95.9 cm³/mol. The molecule has 0 heterocycles. The second kappa shape index (κ2) is 6.82. The molecule has 0 amide bonds. The molecule has 1 saturated carbocycles. The number of hydrogen-bond acceptors (Lipinski definition) is 2. The molecular weight excluding hydrogens is 462 g/mol. The van der Waals surface area contributed by atoms with Crippen LogP contribution in [-0.2, 0) is 6.54 Å². The van der Waals surface area contributed by atoms with Crippen molar-refractivity contribution in [1.82, 2.24) is 5.32 Å². The molecule has 0 aliphatic heterocycles. The lowest BCUT2D eigenvalue weighted by Crippen LogP contribution is -2.15. The molecule has 0 saturated heterocycles. The van der Waals surface area contributed by atoms with Crippen LogP contribution in [0.1, 0.15) is 18.4 Å². The van der Waals surface area contributed by atoms with Crippen LogP contribution in [0.15, 0.2) is 49.8 Å². The second-order valence-corrected chi connectivity index (χ2v) is 7.77. The fraction of sp³-hybridized carbons (Fsp3) is 0.250. The van der Waals surface area contributed by atoms with E-state index < -0.39 is 0 Å². The van der Waals surface area contributed by atoms with Crippen LogP contribution in [0.2, 0.25) is 0 Å². The van der Waals surface area contributed by atoms with E-state index in [1.165, 1.54) is 12.8 Å². The Morgan fingerprint density at radius 2 is 1.62 bits per heavy atom. The minimum Gasteiger partial charge on any atom is -0.456 e. The predicted octanol–water partition coefficient (Wildman–Crippen LogP) is 6.02. The normalized spacial score (nSPS) is 14.2. The SMILES string of the molecule is Brc1ccc(Oc2ccc(Br)cc2CNC2CC2)c(Br)c1. The smallest absolute Gasteiger partial charge is 0.141 e. The Bertz CT molecular complexity index is 656. The van der Waals surface area contributed by atoms with Gasteiger partial charge in [0, 0.05) is 27.1 Å². The van der Waals surface area contributed by atoms with Crippen LogP contribution in [-0.4, -0.2) is 6.04 Å². The van der Waals surface area contributed by atoms with E-state index in [4.69, 9.17) is 4.74 Å². The molecule has 1 aliphatic carbocycles. The minimum absolute atomic E-state index is 0.677. The molecule has 3 rings (SSSR count). The maximum atomic E-state index is 6.07. The Kier molecular flexibility index (Phi) is 5.04. The summed E-state index contributed by atoms with van der Waals surface area (Å²) in [4.78, 5) is 0. The summed E-state index contributed by atoms with van der Waals surface area (Å²) in [6, 6.07) is 12.7. The van der Waals surface area contributed by atoms with E-state index in [0.29, 0.717) is 6.04 Å². The van der Waals surface area contributed by atoms with Crippen LogP contribution in [0.25, 0.3) is 0 Å². The van der Waals surface area contributed by atoms with E-state index in [1.54, 1.807) is 0 Å². The zero-order chi connectivity index (χ0) is 14.8. The van der Waals surface area contributed by atoms with Crippen LogP contribution in [0.4, 0.5) is 0 Å². The molecule has 110 valence electrons. The van der Waals surface area contributed by atoms with Gasteiger partial charge in [-0.3, -0.25) is 0 Å². The number of halogens is 3. The number of hydrogen-bond donors (Lipinski definition) is 1. The first-order chi connectivity index (χ1) is 10.1. The van der Waals surface area contributed by atoms with Gasteiger partial charge >= 0.3 is 0 Å². The number of benzene rings is 2. The van der Waals surface area contributed by atoms with Crippen molar-refractivity contribution < 1.29 is 4.74 Å². The third-order valence-electron chi connectivity index (χ3n) is 3.29. The van der Waals surface area contributed by atoms with E-state index in [1.807, 2.05) is 30.3 Å². The summed E-state index contributed by atoms with van der Waals surface area (Å²) in [7, 11) is 0. The van der Waals surface area contributed by atoms with Gasteiger partial charge in [-0.1, -0.05) is 31.9 Å². The zero-order valence-electron chi connectivity index (χ0n) is 11.2. The highest BCUT2D eigenvalue weighted by Gasteiger charge is 2.20. The highest BCUT2D eigenvalue weighted by atomic mass is 79.9. The standard InChI is InChI=1S/C16H14Br3NO/c17-11-1-5-15(10(7-11)9-20-13-3-4-13)21-16-6-2-12(18)8-14(16)19/h1-2,5-8,13,20H,3-4,9H2. The molecule has 2 aromatic carbocycles. The molecule has 1 N–H and O–H groups in total. The molecule has 0 unspecified atom stereocenters. The van der Waals surface area contributed by atoms with Crippen molar-refractivity contribution in [1.29, 1.82) is 0 Å². The topological polar surface area (TPSA) is 21.3 Å². The second-order valence-electron chi connectivity index (χ2n) is 5.08. The molecule has 5 heteroatoms. The van der Waals surface area contributed by atoms with Crippen LogP contribution < -0.4 is 10.1 Å². The highest BCUT2D eigenvalue weighted by Crippen LogP contribution is 2.34. The molecule has 0 spiro atoms. The summed E-state index contributed by atoms with van der Waals surface area (Å²) in [6.45, 7) is 0.827. The Morgan fingerprint density at radius 1 is 0.952 bits per heavy atom. The summed E-state index contributed by atoms with van der Waals surface area (Å²) >= 11 is 10.5. The Morgan fingerprint density at radius 3 is 2.29 bits per heavy atom. The number of nitrogens with one attached hydrogen (secondary N) is 1. The molecule has 0 atom stereocenters. The van der Waals surface area contributed by atoms with Gasteiger partial charge in [0.05, 0.1) is 4.47 Å². The van der Waals surface area contributed by atoms with Crippen LogP contribution in [0.3, 0.4) is 0 Å². The molecule has 1 aliphatic rings. The average molecular weight is 476 g/mol. The fourth-order valence-electron chi connectivity index (χ4n) is 2.00. The molecule has 2 aromatic rings. The van der Waals surface area contributed by atoms with Gasteiger partial charge in [-0.05, 0) is 65.2 Å². The Labute approximate surface area is 149 Å². The van der Waals surface area contributed by atoms with E-state index in [-0.39, 0.29) is 0 Å². The van der Waals surface area contributed by atoms with E-state index in [0.717, 1.165) is 37.0 Å². The van der Waals surface area contributed by atoms with Crippen molar-refractivity contribution in [2.45, 2.75) is 25.4 Å². The van der Waals surface area contributed by atoms with Crippen LogP contribution in [0.5, 0.6) is 11.5 Å². The van der Waals surface area contributed by atoms with Crippen molar-refractivity contribution in [2.24, 2.45) is 0 Å². The monoisotopic (exact) mass is 473 g/mol. The van der Waals surface area contributed by atoms with Gasteiger partial charge in [-0.15, -0.1) is 0 Å². The van der Waals surface area contributed by atoms with E-state index in [9.17, 15) is 0 Å². The molecule has 0 aromatic heterocycles. The summed E-state index contributed by atoms with van der Waals surface area (Å²) in [5.41, 5.74) is 1.16. The zero-order valence-corrected chi connectivity index (χ0v) is 16.0. The minimum atomic E-state index is 0.677. The summed E-state index contributed by atoms with van der Waals surface area (Å²) in [6.07, 6.45) is 2.56. The first-order valence-corrected chi connectivity index (χ1v) is 9.14. The van der Waals surface area contributed by atoms with Gasteiger partial charge in [0.25, 0.3) is 0 Å². The lowest BCUT2D eigenvalue weighted by atomic mass is 10.2. The molecule has 21 heavy (non-hydrogen) atoms. The maximum absolute atomic E-state index is 6.07. The van der Waals surface area contributed by atoms with Gasteiger partial charge in [-0.25, -0.2) is 0 Å². The first kappa shape index (κ1) is 15.5. The summed E-state index contributed by atoms with van der Waals surface area (Å²) < 4.78 is 9.09. The number of rotatable bonds is 5. The first-order valence-electron chi connectivity index (χ1n) is 6.76. The van der Waals surface area contributed by atoms with Crippen molar-refractivity contribution in [2.75, 3.05) is 0 Å². The van der Waals surface area contributed by atoms with Crippen molar-refractivity contribution in [3.63, 3.8) is 0 Å². The number of ether oxygens (including phenoxy) is 1. The van der Waals surface area contributed by atoms with Gasteiger partial charge in [-0.2, -0.15) is 0 Å². The van der Waals surface area contributed by atoms with Gasteiger partial charge in [0.1, 0.15) is 11.5 Å². The van der Waals surface area contributed by atoms with Crippen LogP contribution in [0, 0.1) is 0 Å². The van der Waals surface area contributed by atoms with E-state index >= 15 is 0 Å². The summed E-state index contributed by atoms with van der Waals surface area (Å²) in [5.74, 6) is 1.70. The van der Waals surface area contributed by atoms with Gasteiger partial charge < -0.3 is 10.1 Å². The molecule has 0 bridgehead atoms. The highest BCUT2D eigenvalue weighted by molar-refractivity contribution is 9.11. The maximum Gasteiger partial charge on any atom is 0.141 e. The van der Waals surface area contributed by atoms with Crippen molar-refractivity contribution in [3.05, 3.63) is 55.4 Å². The van der Waals surface area contributed by atoms with Gasteiger partial charge in [0.2, 0.25) is 0 Å².